The fourth-order valence-corrected chi connectivity index (χ4v) is 2.65. The zero-order valence-electron chi connectivity index (χ0n) is 12.0. The number of hydrogen-bond donors (Lipinski definition) is 1. The van der Waals surface area contributed by atoms with Crippen molar-refractivity contribution in [2.75, 3.05) is 5.32 Å². The normalized spacial score (nSPS) is 10.9. The number of nitrogens with one attached hydrogen (secondary N) is 1. The van der Waals surface area contributed by atoms with Crippen LogP contribution >= 0.6 is 23.2 Å². The van der Waals surface area contributed by atoms with Gasteiger partial charge in [-0.25, -0.2) is 4.98 Å². The quantitative estimate of drug-likeness (QED) is 0.749. The van der Waals surface area contributed by atoms with Crippen LogP contribution in [0.15, 0.2) is 36.5 Å². The lowest BCUT2D eigenvalue weighted by Gasteiger charge is -2.08. The molecule has 0 aliphatic carbocycles. The Bertz CT molecular complexity index is 886. The van der Waals surface area contributed by atoms with Crippen molar-refractivity contribution < 1.29 is 4.79 Å². The van der Waals surface area contributed by atoms with Gasteiger partial charge in [0.1, 0.15) is 11.3 Å². The molecule has 0 spiro atoms. The Morgan fingerprint density at radius 3 is 2.73 bits per heavy atom. The zero-order chi connectivity index (χ0) is 15.9. The van der Waals surface area contributed by atoms with E-state index in [-0.39, 0.29) is 5.91 Å². The van der Waals surface area contributed by atoms with E-state index in [9.17, 15) is 4.79 Å². The maximum Gasteiger partial charge on any atom is 0.274 e. The summed E-state index contributed by atoms with van der Waals surface area (Å²) in [5, 5.41) is 3.72. The first-order valence-electron chi connectivity index (χ1n) is 6.67. The van der Waals surface area contributed by atoms with Crippen LogP contribution in [0.1, 0.15) is 21.7 Å². The summed E-state index contributed by atoms with van der Waals surface area (Å²) < 4.78 is 1.76. The molecule has 0 saturated carbocycles. The Balaban J connectivity index is 2.02. The number of amides is 1. The minimum Gasteiger partial charge on any atom is -0.319 e. The minimum atomic E-state index is -0.280. The molecule has 0 atom stereocenters. The number of halogens is 2. The van der Waals surface area contributed by atoms with Crippen LogP contribution < -0.4 is 5.32 Å². The van der Waals surface area contributed by atoms with E-state index in [4.69, 9.17) is 23.2 Å². The summed E-state index contributed by atoms with van der Waals surface area (Å²) in [6.07, 6.45) is 1.83. The summed E-state index contributed by atoms with van der Waals surface area (Å²) in [5.41, 5.74) is 3.43. The Morgan fingerprint density at radius 2 is 1.95 bits per heavy atom. The van der Waals surface area contributed by atoms with Crippen molar-refractivity contribution in [1.82, 2.24) is 9.38 Å². The lowest BCUT2D eigenvalue weighted by molar-refractivity contribution is 0.102. The van der Waals surface area contributed by atoms with Gasteiger partial charge in [-0.3, -0.25) is 9.20 Å². The summed E-state index contributed by atoms with van der Waals surface area (Å²) in [6, 6.07) is 8.78. The molecular weight excluding hydrogens is 321 g/mol. The van der Waals surface area contributed by atoms with Crippen LogP contribution in [0.4, 0.5) is 5.69 Å². The maximum absolute atomic E-state index is 12.6. The largest absolute Gasteiger partial charge is 0.319 e. The number of nitrogens with zero attached hydrogens (tertiary/aromatic N) is 2. The minimum absolute atomic E-state index is 0.280. The van der Waals surface area contributed by atoms with Gasteiger partial charge in [0.05, 0.1) is 16.4 Å². The number of carbonyl (C=O) groups excluding carboxylic acids is 1. The number of benzene rings is 1. The monoisotopic (exact) mass is 333 g/mol. The van der Waals surface area contributed by atoms with Crippen molar-refractivity contribution >= 4 is 40.4 Å². The smallest absolute Gasteiger partial charge is 0.274 e. The van der Waals surface area contributed by atoms with Crippen molar-refractivity contribution in [3.63, 3.8) is 0 Å². The van der Waals surface area contributed by atoms with Crippen LogP contribution in [-0.2, 0) is 0 Å². The van der Waals surface area contributed by atoms with Crippen molar-refractivity contribution in [2.24, 2.45) is 0 Å². The number of rotatable bonds is 2. The van der Waals surface area contributed by atoms with Crippen LogP contribution in [0.2, 0.25) is 10.0 Å². The highest BCUT2D eigenvalue weighted by Gasteiger charge is 2.17. The molecule has 4 nitrogen and oxygen atoms in total. The molecule has 0 unspecified atom stereocenters. The van der Waals surface area contributed by atoms with E-state index in [0.29, 0.717) is 27.1 Å². The lowest BCUT2D eigenvalue weighted by Crippen LogP contribution is -2.15. The summed E-state index contributed by atoms with van der Waals surface area (Å²) in [4.78, 5) is 17.0. The summed E-state index contributed by atoms with van der Waals surface area (Å²) in [6.45, 7) is 3.78. The number of hydrogen-bond acceptors (Lipinski definition) is 2. The Labute approximate surface area is 137 Å². The maximum atomic E-state index is 12.6. The SMILES string of the molecule is Cc1ccn2c(C(=O)Nc3cc(Cl)ccc3Cl)c(C)nc2c1. The highest BCUT2D eigenvalue weighted by molar-refractivity contribution is 6.35. The van der Waals surface area contributed by atoms with E-state index < -0.39 is 0 Å². The third-order valence-corrected chi connectivity index (χ3v) is 3.91. The fraction of sp³-hybridized carbons (Fsp3) is 0.125. The predicted octanol–water partition coefficient (Wildman–Crippen LogP) is 4.51. The Hall–Kier alpha value is -2.04. The second kappa shape index (κ2) is 5.63. The Morgan fingerprint density at radius 1 is 1.18 bits per heavy atom. The van der Waals surface area contributed by atoms with Crippen molar-refractivity contribution in [2.45, 2.75) is 13.8 Å². The van der Waals surface area contributed by atoms with Crippen LogP contribution in [-0.4, -0.2) is 15.3 Å². The van der Waals surface area contributed by atoms with Gasteiger partial charge in [0.2, 0.25) is 0 Å². The molecule has 2 heterocycles. The number of fused-ring (bicyclic) bond motifs is 1. The highest BCUT2D eigenvalue weighted by Crippen LogP contribution is 2.26. The molecule has 0 aliphatic rings. The van der Waals surface area contributed by atoms with E-state index in [0.717, 1.165) is 11.2 Å². The molecule has 0 radical (unpaired) electrons. The first-order chi connectivity index (χ1) is 10.5. The number of aryl methyl sites for hydroxylation is 2. The number of pyridine rings is 1. The molecule has 3 aromatic rings. The molecule has 2 aromatic heterocycles. The van der Waals surface area contributed by atoms with Gasteiger partial charge in [-0.15, -0.1) is 0 Å². The summed E-state index contributed by atoms with van der Waals surface area (Å²) in [7, 11) is 0. The second-order valence-electron chi connectivity index (χ2n) is 5.06. The van der Waals surface area contributed by atoms with E-state index in [1.807, 2.05) is 25.3 Å². The number of carbonyl (C=O) groups is 1. The molecule has 112 valence electrons. The van der Waals surface area contributed by atoms with E-state index in [1.54, 1.807) is 29.5 Å². The summed E-state index contributed by atoms with van der Waals surface area (Å²) >= 11 is 12.0. The zero-order valence-corrected chi connectivity index (χ0v) is 13.5. The molecule has 22 heavy (non-hydrogen) atoms. The topological polar surface area (TPSA) is 46.4 Å². The number of anilines is 1. The van der Waals surface area contributed by atoms with Gasteiger partial charge in [0.25, 0.3) is 5.91 Å². The van der Waals surface area contributed by atoms with E-state index in [2.05, 4.69) is 10.3 Å². The lowest BCUT2D eigenvalue weighted by atomic mass is 10.2. The number of aromatic nitrogens is 2. The molecule has 1 aromatic carbocycles. The number of imidazole rings is 1. The average molecular weight is 334 g/mol. The molecule has 6 heteroatoms. The summed E-state index contributed by atoms with van der Waals surface area (Å²) in [5.74, 6) is -0.280. The molecule has 0 fully saturated rings. The van der Waals surface area contributed by atoms with Gasteiger partial charge in [-0.05, 0) is 49.7 Å². The van der Waals surface area contributed by atoms with Crippen molar-refractivity contribution in [1.29, 1.82) is 0 Å². The molecule has 0 bridgehead atoms. The third kappa shape index (κ3) is 2.67. The molecule has 1 amide bonds. The van der Waals surface area contributed by atoms with Gasteiger partial charge in [0.15, 0.2) is 0 Å². The van der Waals surface area contributed by atoms with Gasteiger partial charge in [-0.1, -0.05) is 23.2 Å². The first-order valence-corrected chi connectivity index (χ1v) is 7.43. The standard InChI is InChI=1S/C16H13Cl2N3O/c1-9-5-6-21-14(7-9)19-10(2)15(21)16(22)20-13-8-11(17)3-4-12(13)18/h3-8H,1-2H3,(H,20,22). The van der Waals surface area contributed by atoms with Crippen molar-refractivity contribution in [3.8, 4) is 0 Å². The molecule has 3 rings (SSSR count). The molecular formula is C16H13Cl2N3O. The van der Waals surface area contributed by atoms with E-state index >= 15 is 0 Å². The fourth-order valence-electron chi connectivity index (χ4n) is 2.31. The van der Waals surface area contributed by atoms with Gasteiger partial charge in [0, 0.05) is 11.2 Å². The van der Waals surface area contributed by atoms with Crippen LogP contribution in [0.25, 0.3) is 5.65 Å². The molecule has 1 N–H and O–H groups in total. The average Bonchev–Trinajstić information content (AvgIpc) is 2.77. The molecule has 0 aliphatic heterocycles. The first kappa shape index (κ1) is 14.9. The second-order valence-corrected chi connectivity index (χ2v) is 5.90. The van der Waals surface area contributed by atoms with Crippen LogP contribution in [0, 0.1) is 13.8 Å². The Kier molecular flexibility index (Phi) is 3.81. The third-order valence-electron chi connectivity index (χ3n) is 3.35. The van der Waals surface area contributed by atoms with E-state index in [1.165, 1.54) is 0 Å². The van der Waals surface area contributed by atoms with Crippen molar-refractivity contribution in [3.05, 3.63) is 63.5 Å². The van der Waals surface area contributed by atoms with Gasteiger partial charge in [-0.2, -0.15) is 0 Å². The van der Waals surface area contributed by atoms with Crippen LogP contribution in [0.3, 0.4) is 0 Å². The highest BCUT2D eigenvalue weighted by atomic mass is 35.5. The molecule has 0 saturated heterocycles. The predicted molar refractivity (Wildman–Crippen MR) is 89.1 cm³/mol. The van der Waals surface area contributed by atoms with Gasteiger partial charge < -0.3 is 5.32 Å². The van der Waals surface area contributed by atoms with Gasteiger partial charge >= 0.3 is 0 Å². The van der Waals surface area contributed by atoms with Crippen LogP contribution in [0.5, 0.6) is 0 Å².